The van der Waals surface area contributed by atoms with Gasteiger partial charge in [-0.2, -0.15) is 10.4 Å². The zero-order chi connectivity index (χ0) is 15.2. The van der Waals surface area contributed by atoms with E-state index in [1.54, 1.807) is 6.07 Å². The molecule has 0 fully saturated rings. The van der Waals surface area contributed by atoms with Crippen LogP contribution >= 0.6 is 11.6 Å². The van der Waals surface area contributed by atoms with E-state index < -0.39 is 0 Å². The number of H-pyrrole nitrogens is 1. The summed E-state index contributed by atoms with van der Waals surface area (Å²) in [5.74, 6) is 0.374. The van der Waals surface area contributed by atoms with Crippen molar-refractivity contribution >= 4 is 23.3 Å². The molecule has 0 bridgehead atoms. The summed E-state index contributed by atoms with van der Waals surface area (Å²) in [6.07, 6.45) is 1.24. The number of aryl methyl sites for hydroxylation is 1. The van der Waals surface area contributed by atoms with Gasteiger partial charge >= 0.3 is 0 Å². The maximum Gasteiger partial charge on any atom is 0.225 e. The molecule has 21 heavy (non-hydrogen) atoms. The number of unbranched alkanes of at least 4 members (excludes halogenated alkanes) is 1. The Morgan fingerprint density at radius 3 is 3.00 bits per heavy atom. The lowest BCUT2D eigenvalue weighted by Gasteiger charge is -2.01. The summed E-state index contributed by atoms with van der Waals surface area (Å²) in [5, 5.41) is 18.7. The van der Waals surface area contributed by atoms with Crippen molar-refractivity contribution in [3.63, 3.8) is 0 Å². The summed E-state index contributed by atoms with van der Waals surface area (Å²) in [7, 11) is 0. The lowest BCUT2D eigenvalue weighted by atomic mass is 10.1. The third-order valence-corrected chi connectivity index (χ3v) is 3.26. The lowest BCUT2D eigenvalue weighted by Crippen LogP contribution is -2.11. The normalized spacial score (nSPS) is 10.1. The number of nitrogens with zero attached hydrogens (tertiary/aromatic N) is 2. The highest BCUT2D eigenvalue weighted by Gasteiger charge is 2.10. The Hall–Kier alpha value is -2.32. The van der Waals surface area contributed by atoms with Gasteiger partial charge in [0.2, 0.25) is 5.91 Å². The smallest absolute Gasteiger partial charge is 0.225 e. The molecule has 0 atom stereocenters. The van der Waals surface area contributed by atoms with Crippen molar-refractivity contribution in [1.82, 2.24) is 10.2 Å². The van der Waals surface area contributed by atoms with E-state index >= 15 is 0 Å². The van der Waals surface area contributed by atoms with Crippen molar-refractivity contribution in [1.29, 1.82) is 5.26 Å². The van der Waals surface area contributed by atoms with E-state index in [9.17, 15) is 4.79 Å². The van der Waals surface area contributed by atoms with Crippen LogP contribution in [0.15, 0.2) is 24.3 Å². The van der Waals surface area contributed by atoms with Gasteiger partial charge in [0.25, 0.3) is 0 Å². The number of anilines is 1. The van der Waals surface area contributed by atoms with E-state index in [1.165, 1.54) is 0 Å². The molecule has 0 spiro atoms. The van der Waals surface area contributed by atoms with Crippen LogP contribution in [0.25, 0.3) is 11.3 Å². The third kappa shape index (κ3) is 4.07. The van der Waals surface area contributed by atoms with Crippen LogP contribution in [0.2, 0.25) is 5.02 Å². The van der Waals surface area contributed by atoms with E-state index in [0.717, 1.165) is 11.1 Å². The molecule has 0 aliphatic rings. The minimum Gasteiger partial charge on any atom is -0.311 e. The Labute approximate surface area is 127 Å². The van der Waals surface area contributed by atoms with Crippen LogP contribution < -0.4 is 5.32 Å². The van der Waals surface area contributed by atoms with Crippen molar-refractivity contribution < 1.29 is 4.79 Å². The van der Waals surface area contributed by atoms with Crippen molar-refractivity contribution in [2.45, 2.75) is 26.2 Å². The van der Waals surface area contributed by atoms with Crippen molar-refractivity contribution in [2.75, 3.05) is 5.32 Å². The van der Waals surface area contributed by atoms with Gasteiger partial charge in [0.15, 0.2) is 0 Å². The molecule has 5 nitrogen and oxygen atoms in total. The highest BCUT2D eigenvalue weighted by molar-refractivity contribution is 6.33. The molecular formula is C15H15ClN4O. The quantitative estimate of drug-likeness (QED) is 0.827. The number of aromatic amines is 1. The average Bonchev–Trinajstić information content (AvgIpc) is 2.87. The van der Waals surface area contributed by atoms with Crippen LogP contribution in [0.3, 0.4) is 0 Å². The number of hydrogen-bond donors (Lipinski definition) is 2. The molecule has 0 aliphatic heterocycles. The molecule has 0 saturated carbocycles. The van der Waals surface area contributed by atoms with Crippen LogP contribution in [0, 0.1) is 18.3 Å². The number of carbonyl (C=O) groups is 1. The molecule has 2 N–H and O–H groups in total. The highest BCUT2D eigenvalue weighted by atomic mass is 35.5. The van der Waals surface area contributed by atoms with Gasteiger partial charge in [-0.15, -0.1) is 0 Å². The number of amides is 1. The summed E-state index contributed by atoms with van der Waals surface area (Å²) >= 11 is 6.19. The Balaban J connectivity index is 2.04. The first-order chi connectivity index (χ1) is 10.1. The molecule has 2 aromatic rings. The minimum atomic E-state index is -0.143. The largest absolute Gasteiger partial charge is 0.311 e. The first-order valence-corrected chi connectivity index (χ1v) is 6.96. The SMILES string of the molecule is Cc1ccc(-c2cc(NC(=O)CCCC#N)[nH]n2)c(Cl)c1. The average molecular weight is 303 g/mol. The predicted octanol–water partition coefficient (Wildman–Crippen LogP) is 3.67. The summed E-state index contributed by atoms with van der Waals surface area (Å²) in [4.78, 5) is 11.7. The topological polar surface area (TPSA) is 81.6 Å². The summed E-state index contributed by atoms with van der Waals surface area (Å²) in [5.41, 5.74) is 2.56. The van der Waals surface area contributed by atoms with Crippen LogP contribution in [0.5, 0.6) is 0 Å². The molecule has 1 heterocycles. The Bertz CT molecular complexity index is 687. The maximum atomic E-state index is 11.7. The van der Waals surface area contributed by atoms with Crippen molar-refractivity contribution in [3.05, 3.63) is 34.9 Å². The first-order valence-electron chi connectivity index (χ1n) is 6.59. The molecule has 108 valence electrons. The zero-order valence-electron chi connectivity index (χ0n) is 11.6. The molecule has 1 aromatic carbocycles. The third-order valence-electron chi connectivity index (χ3n) is 2.94. The van der Waals surface area contributed by atoms with Gasteiger partial charge in [0.1, 0.15) is 5.82 Å². The van der Waals surface area contributed by atoms with Crippen molar-refractivity contribution in [2.24, 2.45) is 0 Å². The molecule has 0 saturated heterocycles. The summed E-state index contributed by atoms with van der Waals surface area (Å²) < 4.78 is 0. The number of aromatic nitrogens is 2. The van der Waals surface area contributed by atoms with Crippen LogP contribution in [-0.2, 0) is 4.79 Å². The fraction of sp³-hybridized carbons (Fsp3) is 0.267. The van der Waals surface area contributed by atoms with Crippen molar-refractivity contribution in [3.8, 4) is 17.3 Å². The van der Waals surface area contributed by atoms with Crippen LogP contribution in [0.1, 0.15) is 24.8 Å². The van der Waals surface area contributed by atoms with Crippen LogP contribution in [-0.4, -0.2) is 16.1 Å². The molecule has 1 aromatic heterocycles. The Morgan fingerprint density at radius 2 is 2.29 bits per heavy atom. The molecule has 1 amide bonds. The maximum absolute atomic E-state index is 11.7. The van der Waals surface area contributed by atoms with E-state index in [2.05, 4.69) is 15.5 Å². The second kappa shape index (κ2) is 6.91. The molecular weight excluding hydrogens is 288 g/mol. The summed E-state index contributed by atoms with van der Waals surface area (Å²) in [6, 6.07) is 9.46. The number of hydrogen-bond acceptors (Lipinski definition) is 3. The van der Waals surface area contributed by atoms with Gasteiger partial charge in [-0.25, -0.2) is 0 Å². The fourth-order valence-corrected chi connectivity index (χ4v) is 2.22. The fourth-order valence-electron chi connectivity index (χ4n) is 1.89. The number of nitriles is 1. The summed E-state index contributed by atoms with van der Waals surface area (Å²) in [6.45, 7) is 1.97. The zero-order valence-corrected chi connectivity index (χ0v) is 12.4. The van der Waals surface area contributed by atoms with Gasteiger partial charge in [-0.1, -0.05) is 23.7 Å². The number of carbonyl (C=O) groups excluding carboxylic acids is 1. The molecule has 0 radical (unpaired) electrons. The number of benzene rings is 1. The standard InChI is InChI=1S/C15H15ClN4O/c1-10-5-6-11(12(16)8-10)13-9-14(20-19-13)18-15(21)4-2-3-7-17/h5-6,8-9H,2-4H2,1H3,(H2,18,19,20,21). The second-order valence-corrected chi connectivity index (χ2v) is 5.12. The highest BCUT2D eigenvalue weighted by Crippen LogP contribution is 2.28. The second-order valence-electron chi connectivity index (χ2n) is 4.71. The van der Waals surface area contributed by atoms with Gasteiger partial charge in [-0.3, -0.25) is 9.89 Å². The van der Waals surface area contributed by atoms with Gasteiger partial charge in [0, 0.05) is 24.5 Å². The van der Waals surface area contributed by atoms with Gasteiger partial charge in [-0.05, 0) is 25.0 Å². The Morgan fingerprint density at radius 1 is 1.48 bits per heavy atom. The van der Waals surface area contributed by atoms with E-state index in [0.29, 0.717) is 35.8 Å². The van der Waals surface area contributed by atoms with Gasteiger partial charge < -0.3 is 5.32 Å². The van der Waals surface area contributed by atoms with E-state index in [-0.39, 0.29) is 5.91 Å². The lowest BCUT2D eigenvalue weighted by molar-refractivity contribution is -0.116. The molecule has 6 heteroatoms. The van der Waals surface area contributed by atoms with Crippen LogP contribution in [0.4, 0.5) is 5.82 Å². The number of halogens is 1. The molecule has 0 aliphatic carbocycles. The number of nitrogens with one attached hydrogen (secondary N) is 2. The van der Waals surface area contributed by atoms with E-state index in [4.69, 9.17) is 16.9 Å². The monoisotopic (exact) mass is 302 g/mol. The van der Waals surface area contributed by atoms with Gasteiger partial charge in [0.05, 0.1) is 16.8 Å². The minimum absolute atomic E-state index is 0.143. The first kappa shape index (κ1) is 15.1. The molecule has 2 rings (SSSR count). The predicted molar refractivity (Wildman–Crippen MR) is 81.9 cm³/mol. The van der Waals surface area contributed by atoms with E-state index in [1.807, 2.05) is 31.2 Å². The molecule has 0 unspecified atom stereocenters. The number of rotatable bonds is 5. The Kier molecular flexibility index (Phi) is 4.96.